The van der Waals surface area contributed by atoms with Crippen molar-refractivity contribution in [3.05, 3.63) is 35.9 Å². The third-order valence-corrected chi connectivity index (χ3v) is 4.70. The Morgan fingerprint density at radius 2 is 1.89 bits per heavy atom. The van der Waals surface area contributed by atoms with Gasteiger partial charge < -0.3 is 4.74 Å². The lowest BCUT2D eigenvalue weighted by Crippen LogP contribution is -2.46. The summed E-state index contributed by atoms with van der Waals surface area (Å²) in [6.45, 7) is 4.30. The highest BCUT2D eigenvalue weighted by atomic mass is 16.5. The van der Waals surface area contributed by atoms with Crippen LogP contribution in [-0.4, -0.2) is 17.0 Å². The molecule has 0 aliphatic carbocycles. The monoisotopic (exact) mass is 244 g/mol. The number of fused-ring (bicyclic) bond motifs is 2. The third kappa shape index (κ3) is 1.79. The van der Waals surface area contributed by atoms with Gasteiger partial charge in [0.2, 0.25) is 0 Å². The number of hydrogen-bond donors (Lipinski definition) is 0. The summed E-state index contributed by atoms with van der Waals surface area (Å²) in [6.07, 6.45) is 4.06. The molecule has 0 unspecified atom stereocenters. The van der Waals surface area contributed by atoms with Crippen LogP contribution in [0.4, 0.5) is 0 Å². The lowest BCUT2D eigenvalue weighted by Gasteiger charge is -2.41. The third-order valence-electron chi connectivity index (χ3n) is 4.70. The Labute approximate surface area is 108 Å². The molecule has 3 atom stereocenters. The van der Waals surface area contributed by atoms with Gasteiger partial charge >= 0.3 is 0 Å². The molecule has 2 saturated heterocycles. The summed E-state index contributed by atoms with van der Waals surface area (Å²) in [4.78, 5) is 12.6. The topological polar surface area (TPSA) is 26.3 Å². The van der Waals surface area contributed by atoms with Gasteiger partial charge in [-0.3, -0.25) is 4.79 Å². The minimum Gasteiger partial charge on any atom is -0.368 e. The van der Waals surface area contributed by atoms with Gasteiger partial charge in [-0.15, -0.1) is 0 Å². The number of ketones is 1. The molecule has 2 bridgehead atoms. The van der Waals surface area contributed by atoms with Gasteiger partial charge in [-0.2, -0.15) is 0 Å². The van der Waals surface area contributed by atoms with E-state index in [9.17, 15) is 4.79 Å². The summed E-state index contributed by atoms with van der Waals surface area (Å²) in [6, 6.07) is 9.63. The largest absolute Gasteiger partial charge is 0.368 e. The Bertz CT molecular complexity index is 467. The predicted molar refractivity (Wildman–Crippen MR) is 70.6 cm³/mol. The summed E-state index contributed by atoms with van der Waals surface area (Å²) in [5, 5.41) is 0. The fraction of sp³-hybridized carbons (Fsp3) is 0.562. The zero-order chi connectivity index (χ0) is 12.8. The van der Waals surface area contributed by atoms with E-state index in [1.165, 1.54) is 0 Å². The van der Waals surface area contributed by atoms with Crippen LogP contribution in [-0.2, 0) is 4.74 Å². The van der Waals surface area contributed by atoms with Crippen LogP contribution < -0.4 is 0 Å². The maximum absolute atomic E-state index is 12.6. The smallest absolute Gasteiger partial charge is 0.168 e. The van der Waals surface area contributed by atoms with E-state index in [-0.39, 0.29) is 22.9 Å². The van der Waals surface area contributed by atoms with Crippen molar-refractivity contribution in [1.29, 1.82) is 0 Å². The first kappa shape index (κ1) is 11.9. The van der Waals surface area contributed by atoms with Crippen LogP contribution in [0.15, 0.2) is 30.3 Å². The maximum Gasteiger partial charge on any atom is 0.168 e. The summed E-state index contributed by atoms with van der Waals surface area (Å²) in [5.74, 6) is 0.275. The number of carbonyl (C=O) groups excluding carboxylic acids is 1. The summed E-state index contributed by atoms with van der Waals surface area (Å²) in [7, 11) is 0. The van der Waals surface area contributed by atoms with Gasteiger partial charge in [0.05, 0.1) is 17.1 Å². The molecule has 2 fully saturated rings. The highest BCUT2D eigenvalue weighted by Crippen LogP contribution is 2.51. The molecule has 18 heavy (non-hydrogen) atoms. The minimum absolute atomic E-state index is 0.0161. The molecule has 0 N–H and O–H groups in total. The Kier molecular flexibility index (Phi) is 2.60. The number of carbonyl (C=O) groups is 1. The molecule has 2 heterocycles. The lowest BCUT2D eigenvalue weighted by atomic mass is 9.78. The molecular weight excluding hydrogens is 224 g/mol. The van der Waals surface area contributed by atoms with Crippen molar-refractivity contribution >= 4 is 5.78 Å². The van der Waals surface area contributed by atoms with Crippen molar-refractivity contribution in [3.8, 4) is 0 Å². The van der Waals surface area contributed by atoms with Crippen molar-refractivity contribution in [2.45, 2.75) is 50.7 Å². The maximum atomic E-state index is 12.6. The highest BCUT2D eigenvalue weighted by molar-refractivity contribution is 5.98. The van der Waals surface area contributed by atoms with Crippen LogP contribution in [0.3, 0.4) is 0 Å². The fourth-order valence-corrected chi connectivity index (χ4v) is 3.57. The van der Waals surface area contributed by atoms with Crippen molar-refractivity contribution in [2.75, 3.05) is 0 Å². The minimum atomic E-state index is -0.250. The zero-order valence-corrected chi connectivity index (χ0v) is 11.1. The van der Waals surface area contributed by atoms with E-state index in [1.54, 1.807) is 0 Å². The van der Waals surface area contributed by atoms with Crippen molar-refractivity contribution < 1.29 is 9.53 Å². The van der Waals surface area contributed by atoms with E-state index in [1.807, 2.05) is 30.3 Å². The summed E-state index contributed by atoms with van der Waals surface area (Å²) < 4.78 is 6.21. The molecule has 3 rings (SSSR count). The van der Waals surface area contributed by atoms with Gasteiger partial charge in [0.1, 0.15) is 0 Å². The normalized spacial score (nSPS) is 38.7. The van der Waals surface area contributed by atoms with Crippen LogP contribution in [0.1, 0.15) is 49.9 Å². The molecule has 0 aromatic heterocycles. The molecule has 1 aromatic rings. The van der Waals surface area contributed by atoms with Crippen molar-refractivity contribution in [1.82, 2.24) is 0 Å². The van der Waals surface area contributed by atoms with E-state index in [4.69, 9.17) is 4.74 Å². The first-order valence-corrected chi connectivity index (χ1v) is 6.82. The number of ether oxygens (including phenoxy) is 1. The Morgan fingerprint density at radius 1 is 1.17 bits per heavy atom. The first-order chi connectivity index (χ1) is 8.53. The molecule has 2 nitrogen and oxygen atoms in total. The standard InChI is InChI=1S/C16H20O2/c1-15-9-8-13(16(2,18-15)11-10-15)14(17)12-6-4-3-5-7-12/h3-7,13H,8-11H2,1-2H3/t13-,15+,16+/m0/s1. The second-order valence-corrected chi connectivity index (χ2v) is 6.19. The van der Waals surface area contributed by atoms with Gasteiger partial charge in [0.25, 0.3) is 0 Å². The second-order valence-electron chi connectivity index (χ2n) is 6.19. The van der Waals surface area contributed by atoms with E-state index in [0.717, 1.165) is 31.2 Å². The van der Waals surface area contributed by atoms with Gasteiger partial charge in [0.15, 0.2) is 5.78 Å². The van der Waals surface area contributed by atoms with Gasteiger partial charge in [-0.05, 0) is 39.5 Å². The molecular formula is C16H20O2. The molecule has 96 valence electrons. The number of benzene rings is 1. The van der Waals surface area contributed by atoms with Crippen molar-refractivity contribution in [3.63, 3.8) is 0 Å². The molecule has 0 spiro atoms. The number of hydrogen-bond acceptors (Lipinski definition) is 2. The predicted octanol–water partition coefficient (Wildman–Crippen LogP) is 3.61. The van der Waals surface area contributed by atoms with E-state index >= 15 is 0 Å². The Morgan fingerprint density at radius 3 is 2.61 bits per heavy atom. The molecule has 0 amide bonds. The molecule has 2 aliphatic heterocycles. The number of Topliss-reactive ketones (excluding diaryl/α,β-unsaturated/α-hetero) is 1. The Balaban J connectivity index is 1.88. The van der Waals surface area contributed by atoms with Crippen LogP contribution >= 0.6 is 0 Å². The fourth-order valence-electron chi connectivity index (χ4n) is 3.57. The zero-order valence-electron chi connectivity index (χ0n) is 11.1. The molecule has 0 radical (unpaired) electrons. The lowest BCUT2D eigenvalue weighted by molar-refractivity contribution is -0.140. The van der Waals surface area contributed by atoms with Gasteiger partial charge in [-0.25, -0.2) is 0 Å². The molecule has 1 aromatic carbocycles. The molecule has 0 saturated carbocycles. The Hall–Kier alpha value is -1.15. The van der Waals surface area contributed by atoms with Gasteiger partial charge in [-0.1, -0.05) is 30.3 Å². The highest BCUT2D eigenvalue weighted by Gasteiger charge is 2.54. The van der Waals surface area contributed by atoms with Crippen molar-refractivity contribution in [2.24, 2.45) is 5.92 Å². The summed E-state index contributed by atoms with van der Waals surface area (Å²) >= 11 is 0. The van der Waals surface area contributed by atoms with E-state index in [0.29, 0.717) is 0 Å². The van der Waals surface area contributed by atoms with Crippen LogP contribution in [0.2, 0.25) is 0 Å². The summed E-state index contributed by atoms with van der Waals surface area (Å²) in [5.41, 5.74) is 0.588. The van der Waals surface area contributed by atoms with Crippen LogP contribution in [0.25, 0.3) is 0 Å². The first-order valence-electron chi connectivity index (χ1n) is 6.82. The number of rotatable bonds is 2. The average molecular weight is 244 g/mol. The molecule has 2 aliphatic rings. The van der Waals surface area contributed by atoms with E-state index in [2.05, 4.69) is 13.8 Å². The van der Waals surface area contributed by atoms with E-state index < -0.39 is 0 Å². The SMILES string of the molecule is C[C@@]12CC[C@@H](C(=O)c3ccccc3)[C@@](C)(CC1)O2. The van der Waals surface area contributed by atoms with Crippen LogP contribution in [0.5, 0.6) is 0 Å². The average Bonchev–Trinajstić information content (AvgIpc) is 2.61. The second kappa shape index (κ2) is 3.92. The quantitative estimate of drug-likeness (QED) is 0.743. The van der Waals surface area contributed by atoms with Crippen LogP contribution in [0, 0.1) is 5.92 Å². The molecule has 2 heteroatoms. The van der Waals surface area contributed by atoms with Gasteiger partial charge in [0, 0.05) is 5.56 Å².